The Morgan fingerprint density at radius 1 is 0.171 bits per heavy atom. The summed E-state index contributed by atoms with van der Waals surface area (Å²) in [7, 11) is -17.8. The molecule has 0 unspecified atom stereocenters. The summed E-state index contributed by atoms with van der Waals surface area (Å²) in [6, 6.07) is 38.3. The van der Waals surface area contributed by atoms with Crippen LogP contribution < -0.4 is 0 Å². The van der Waals surface area contributed by atoms with Crippen LogP contribution in [0.1, 0.15) is 459 Å². The minimum absolute atomic E-state index is 0. The Labute approximate surface area is 807 Å². The molecule has 0 fully saturated rings. The molecule has 0 bridgehead atoms. The molecule has 0 aromatic heterocycles. The minimum Gasteiger partial charge on any atom is -0.744 e. The van der Waals surface area contributed by atoms with Crippen molar-refractivity contribution in [3.63, 3.8) is 0 Å². The van der Waals surface area contributed by atoms with E-state index in [0.29, 0.717) is 0 Å². The van der Waals surface area contributed by atoms with Crippen LogP contribution in [0.4, 0.5) is 0 Å². The predicted octanol–water partition coefficient (Wildman–Crippen LogP) is 32.9. The first-order valence-electron chi connectivity index (χ1n) is 51.9. The van der Waals surface area contributed by atoms with Crippen molar-refractivity contribution < 1.29 is 51.9 Å². The molecular weight excluding hydrogens is 1870 g/mol. The fourth-order valence-electron chi connectivity index (χ4n) is 18.1. The van der Waals surface area contributed by atoms with Crippen molar-refractivity contribution in [3.05, 3.63) is 166 Å². The van der Waals surface area contributed by atoms with E-state index >= 15 is 0 Å². The van der Waals surface area contributed by atoms with Crippen molar-refractivity contribution in [2.75, 3.05) is 0 Å². The quantitative estimate of drug-likeness (QED) is 0.0197. The summed E-state index contributed by atoms with van der Waals surface area (Å²) in [4.78, 5) is -0.348. The second-order valence-electron chi connectivity index (χ2n) is 37.3. The maximum Gasteiger partial charge on any atom is 0.124 e. The van der Waals surface area contributed by atoms with Crippen molar-refractivity contribution in [2.45, 2.75) is 486 Å². The van der Waals surface area contributed by atoms with Gasteiger partial charge in [0.1, 0.15) is 40.5 Å². The molecular formula is C112H172O12PbS4-4. The van der Waals surface area contributed by atoms with Crippen LogP contribution in [-0.4, -0.2) is 79.2 Å². The monoisotopic (exact) mass is 2050 g/mol. The van der Waals surface area contributed by atoms with Gasteiger partial charge in [0.2, 0.25) is 0 Å². The van der Waals surface area contributed by atoms with Gasteiger partial charge >= 0.3 is 0 Å². The van der Waals surface area contributed by atoms with Gasteiger partial charge in [-0.15, -0.1) is 0 Å². The molecule has 8 aromatic rings. The van der Waals surface area contributed by atoms with Crippen LogP contribution >= 0.6 is 0 Å². The van der Waals surface area contributed by atoms with Crippen LogP contribution in [0.3, 0.4) is 0 Å². The molecule has 0 spiro atoms. The van der Waals surface area contributed by atoms with E-state index < -0.39 is 40.5 Å². The van der Waals surface area contributed by atoms with E-state index in [9.17, 15) is 51.9 Å². The maximum absolute atomic E-state index is 11.8. The fraction of sp³-hybridized carbons (Fsp3) is 0.643. The van der Waals surface area contributed by atoms with Crippen LogP contribution in [0, 0.1) is 0 Å². The number of hydrogen-bond donors (Lipinski definition) is 0. The molecule has 0 aliphatic carbocycles. The van der Waals surface area contributed by atoms with E-state index in [1.807, 2.05) is 0 Å². The Bertz CT molecular complexity index is 4220. The first-order chi connectivity index (χ1) is 61.8. The number of aryl methyl sites for hydroxylation is 8. The normalized spacial score (nSPS) is 11.9. The van der Waals surface area contributed by atoms with Gasteiger partial charge in [-0.05, 0) is 239 Å². The van der Waals surface area contributed by atoms with E-state index in [1.54, 1.807) is 48.5 Å². The molecule has 0 heterocycles. The van der Waals surface area contributed by atoms with E-state index in [-0.39, 0.29) is 46.9 Å². The molecule has 0 aliphatic rings. The second-order valence-corrected chi connectivity index (χ2v) is 42.9. The smallest absolute Gasteiger partial charge is 0.124 e. The van der Waals surface area contributed by atoms with Gasteiger partial charge in [0.25, 0.3) is 0 Å². The first kappa shape index (κ1) is 117. The van der Waals surface area contributed by atoms with Gasteiger partial charge in [-0.25, -0.2) is 33.7 Å². The summed E-state index contributed by atoms with van der Waals surface area (Å²) in [5.74, 6) is 0. The van der Waals surface area contributed by atoms with Gasteiger partial charge in [-0.1, -0.05) is 436 Å². The van der Waals surface area contributed by atoms with Crippen molar-refractivity contribution in [1.82, 2.24) is 0 Å². The van der Waals surface area contributed by atoms with E-state index in [0.717, 1.165) is 194 Å². The summed E-state index contributed by atoms with van der Waals surface area (Å²) in [5.41, 5.74) is 8.89. The zero-order valence-corrected chi connectivity index (χ0v) is 89.0. The van der Waals surface area contributed by atoms with Crippen molar-refractivity contribution in [3.8, 4) is 0 Å². The predicted molar refractivity (Wildman–Crippen MR) is 547 cm³/mol. The summed E-state index contributed by atoms with van der Waals surface area (Å²) < 4.78 is 141. The third-order valence-corrected chi connectivity index (χ3v) is 29.2. The molecule has 8 rings (SSSR count). The average molecular weight is 2050 g/mol. The summed E-state index contributed by atoms with van der Waals surface area (Å²) in [6.45, 7) is 17.9. The van der Waals surface area contributed by atoms with Crippen LogP contribution in [0.15, 0.2) is 141 Å². The molecule has 0 amide bonds. The standard InChI is InChI=1S/4C28H44O3S.Pb/c4*1-3-5-7-9-11-13-15-17-24-19-20-28-25(18-16-14-12-10-8-6-4-2)22-27(32(29,30)31)23-26(28)21-24;/h4*19-23H,3-18H2,1-2H3,(H,29,30,31);/p-4. The van der Waals surface area contributed by atoms with Crippen molar-refractivity contribution in [1.29, 1.82) is 0 Å². The second kappa shape index (κ2) is 69.2. The zero-order chi connectivity index (χ0) is 92.9. The average Bonchev–Trinajstić information content (AvgIpc) is 0.804. The molecule has 724 valence electrons. The van der Waals surface area contributed by atoms with E-state index in [1.165, 1.54) is 305 Å². The maximum atomic E-state index is 11.8. The molecule has 0 saturated heterocycles. The van der Waals surface area contributed by atoms with E-state index in [4.69, 9.17) is 0 Å². The Balaban J connectivity index is 0.000000359. The van der Waals surface area contributed by atoms with Crippen LogP contribution in [0.2, 0.25) is 0 Å². The van der Waals surface area contributed by atoms with Gasteiger partial charge in [0, 0.05) is 27.3 Å². The minimum atomic E-state index is -4.46. The Hall–Kier alpha value is -4.64. The zero-order valence-electron chi connectivity index (χ0n) is 81.8. The Morgan fingerprint density at radius 3 is 0.442 bits per heavy atom. The van der Waals surface area contributed by atoms with Crippen molar-refractivity contribution in [2.24, 2.45) is 0 Å². The number of unbranched alkanes of at least 4 members (excludes halogenated alkanes) is 48. The largest absolute Gasteiger partial charge is 0.744 e. The Kier molecular flexibility index (Phi) is 62.6. The molecule has 12 nitrogen and oxygen atoms in total. The Morgan fingerprint density at radius 2 is 0.302 bits per heavy atom. The molecule has 4 radical (unpaired) electrons. The molecule has 0 saturated carbocycles. The molecule has 0 N–H and O–H groups in total. The SMILES string of the molecule is CCCCCCCCCc1ccc2c(CCCCCCCCC)cc(S(=O)(=O)[O-])cc2c1.CCCCCCCCCc1ccc2c(CCCCCCCCC)cc(S(=O)(=O)[O-])cc2c1.CCCCCCCCCc1ccc2c(CCCCCCCCC)cc(S(=O)(=O)[O-])cc2c1.CCCCCCCCCc1ccc2c(CCCCCCCCC)cc(S(=O)(=O)[O-])cc2c1.[Pb]. The molecule has 17 heteroatoms. The van der Waals surface area contributed by atoms with Crippen LogP contribution in [0.25, 0.3) is 43.1 Å². The summed E-state index contributed by atoms with van der Waals surface area (Å²) >= 11 is 0. The van der Waals surface area contributed by atoms with Crippen molar-refractivity contribution >= 4 is 111 Å². The number of hydrogen-bond acceptors (Lipinski definition) is 12. The number of benzene rings is 8. The third-order valence-electron chi connectivity index (χ3n) is 25.9. The van der Waals surface area contributed by atoms with Gasteiger partial charge in [-0.2, -0.15) is 0 Å². The topological polar surface area (TPSA) is 229 Å². The van der Waals surface area contributed by atoms with Gasteiger partial charge < -0.3 is 18.2 Å². The molecule has 0 aliphatic heterocycles. The number of rotatable bonds is 68. The molecule has 0 atom stereocenters. The molecule has 129 heavy (non-hydrogen) atoms. The summed E-state index contributed by atoms with van der Waals surface area (Å²) in [6.07, 6.45) is 77.2. The van der Waals surface area contributed by atoms with Gasteiger partial charge in [-0.3, -0.25) is 0 Å². The summed E-state index contributed by atoms with van der Waals surface area (Å²) in [5, 5.41) is 7.91. The molecule has 8 aromatic carbocycles. The third kappa shape index (κ3) is 49.6. The van der Waals surface area contributed by atoms with E-state index in [2.05, 4.69) is 128 Å². The fourth-order valence-corrected chi connectivity index (χ4v) is 20.4. The van der Waals surface area contributed by atoms with Gasteiger partial charge in [0.05, 0.1) is 19.6 Å². The van der Waals surface area contributed by atoms with Crippen LogP contribution in [-0.2, 0) is 91.8 Å². The van der Waals surface area contributed by atoms with Gasteiger partial charge in [0.15, 0.2) is 0 Å². The first-order valence-corrected chi connectivity index (χ1v) is 57.5. The van der Waals surface area contributed by atoms with Crippen LogP contribution in [0.5, 0.6) is 0 Å². The number of fused-ring (bicyclic) bond motifs is 4.